The standard InChI is InChI=1S/C12H16FN3O2/c1-2-16(10-5-3-9(13)4-6-10)12(18)11(17)15-8-7-14/h3-6H,2,7-8,14H2,1H3,(H,15,17). The first-order valence-corrected chi connectivity index (χ1v) is 5.65. The van der Waals surface area contributed by atoms with Gasteiger partial charge in [0.2, 0.25) is 0 Å². The van der Waals surface area contributed by atoms with Crippen molar-refractivity contribution >= 4 is 17.5 Å². The number of likely N-dealkylation sites (N-methyl/N-ethyl adjacent to an activating group) is 1. The number of nitrogens with one attached hydrogen (secondary N) is 1. The van der Waals surface area contributed by atoms with Gasteiger partial charge in [0, 0.05) is 25.3 Å². The summed E-state index contributed by atoms with van der Waals surface area (Å²) in [7, 11) is 0. The van der Waals surface area contributed by atoms with Crippen LogP contribution in [0, 0.1) is 5.82 Å². The molecule has 0 aromatic heterocycles. The van der Waals surface area contributed by atoms with Crippen molar-refractivity contribution in [1.29, 1.82) is 0 Å². The van der Waals surface area contributed by atoms with Gasteiger partial charge in [0.1, 0.15) is 5.82 Å². The van der Waals surface area contributed by atoms with E-state index in [2.05, 4.69) is 5.32 Å². The second-order valence-electron chi connectivity index (χ2n) is 3.57. The van der Waals surface area contributed by atoms with Crippen LogP contribution in [-0.4, -0.2) is 31.4 Å². The molecule has 0 aliphatic carbocycles. The molecular weight excluding hydrogens is 237 g/mol. The number of amides is 2. The molecule has 0 radical (unpaired) electrons. The van der Waals surface area contributed by atoms with Gasteiger partial charge in [-0.1, -0.05) is 0 Å². The number of carbonyl (C=O) groups is 2. The lowest BCUT2D eigenvalue weighted by Gasteiger charge is -2.20. The summed E-state index contributed by atoms with van der Waals surface area (Å²) in [5, 5.41) is 2.40. The normalized spacial score (nSPS) is 9.94. The van der Waals surface area contributed by atoms with Crippen LogP contribution in [0.3, 0.4) is 0 Å². The second kappa shape index (κ2) is 6.70. The van der Waals surface area contributed by atoms with Crippen molar-refractivity contribution in [1.82, 2.24) is 5.32 Å². The fourth-order valence-electron chi connectivity index (χ4n) is 1.45. The number of nitrogens with two attached hydrogens (primary N) is 1. The summed E-state index contributed by atoms with van der Waals surface area (Å²) in [4.78, 5) is 24.6. The highest BCUT2D eigenvalue weighted by molar-refractivity contribution is 6.40. The van der Waals surface area contributed by atoms with Crippen molar-refractivity contribution in [3.05, 3.63) is 30.1 Å². The van der Waals surface area contributed by atoms with Crippen LogP contribution in [0.4, 0.5) is 10.1 Å². The van der Waals surface area contributed by atoms with E-state index >= 15 is 0 Å². The van der Waals surface area contributed by atoms with Gasteiger partial charge in [-0.2, -0.15) is 0 Å². The molecule has 0 saturated carbocycles. The van der Waals surface area contributed by atoms with Crippen LogP contribution in [0.2, 0.25) is 0 Å². The summed E-state index contributed by atoms with van der Waals surface area (Å²) >= 11 is 0. The lowest BCUT2D eigenvalue weighted by atomic mass is 10.2. The first-order valence-electron chi connectivity index (χ1n) is 5.65. The summed E-state index contributed by atoms with van der Waals surface area (Å²) in [6, 6.07) is 5.38. The van der Waals surface area contributed by atoms with Gasteiger partial charge in [-0.05, 0) is 31.2 Å². The third-order valence-electron chi connectivity index (χ3n) is 2.32. The molecule has 0 heterocycles. The van der Waals surface area contributed by atoms with E-state index in [0.717, 1.165) is 0 Å². The van der Waals surface area contributed by atoms with Gasteiger partial charge in [0.15, 0.2) is 0 Å². The summed E-state index contributed by atoms with van der Waals surface area (Å²) in [5.74, 6) is -1.79. The number of halogens is 1. The molecular formula is C12H16FN3O2. The molecule has 98 valence electrons. The number of hydrogen-bond acceptors (Lipinski definition) is 3. The summed E-state index contributed by atoms with van der Waals surface area (Å²) in [5.41, 5.74) is 5.71. The zero-order valence-corrected chi connectivity index (χ0v) is 10.1. The molecule has 1 aromatic carbocycles. The molecule has 6 heteroatoms. The van der Waals surface area contributed by atoms with Crippen LogP contribution in [0.15, 0.2) is 24.3 Å². The molecule has 0 bridgehead atoms. The van der Waals surface area contributed by atoms with E-state index in [1.165, 1.54) is 29.2 Å². The summed E-state index contributed by atoms with van der Waals surface area (Å²) in [6.45, 7) is 2.56. The minimum absolute atomic E-state index is 0.242. The maximum absolute atomic E-state index is 12.8. The maximum atomic E-state index is 12.8. The molecule has 3 N–H and O–H groups in total. The number of anilines is 1. The summed E-state index contributed by atoms with van der Waals surface area (Å²) < 4.78 is 12.8. The first kappa shape index (κ1) is 14.1. The minimum atomic E-state index is -0.716. The van der Waals surface area contributed by atoms with Crippen molar-refractivity contribution in [3.63, 3.8) is 0 Å². The van der Waals surface area contributed by atoms with Crippen LogP contribution in [0.5, 0.6) is 0 Å². The molecule has 1 aromatic rings. The van der Waals surface area contributed by atoms with Gasteiger partial charge in [-0.25, -0.2) is 4.39 Å². The number of nitrogens with zero attached hydrogens (tertiary/aromatic N) is 1. The van der Waals surface area contributed by atoms with Crippen molar-refractivity contribution in [3.8, 4) is 0 Å². The predicted molar refractivity (Wildman–Crippen MR) is 66.5 cm³/mol. The monoisotopic (exact) mass is 253 g/mol. The predicted octanol–water partition coefficient (Wildman–Crippen LogP) is 0.253. The van der Waals surface area contributed by atoms with Crippen LogP contribution in [0.1, 0.15) is 6.92 Å². The largest absolute Gasteiger partial charge is 0.347 e. The third kappa shape index (κ3) is 3.53. The Morgan fingerprint density at radius 3 is 2.44 bits per heavy atom. The number of carbonyl (C=O) groups excluding carboxylic acids is 2. The fraction of sp³-hybridized carbons (Fsp3) is 0.333. The zero-order chi connectivity index (χ0) is 13.5. The lowest BCUT2D eigenvalue weighted by molar-refractivity contribution is -0.137. The van der Waals surface area contributed by atoms with Gasteiger partial charge >= 0.3 is 11.8 Å². The van der Waals surface area contributed by atoms with Crippen LogP contribution in [0.25, 0.3) is 0 Å². The van der Waals surface area contributed by atoms with Gasteiger partial charge in [-0.15, -0.1) is 0 Å². The molecule has 0 unspecified atom stereocenters. The van der Waals surface area contributed by atoms with Gasteiger partial charge in [-0.3, -0.25) is 9.59 Å². The molecule has 0 saturated heterocycles. The molecule has 2 amide bonds. The fourth-order valence-corrected chi connectivity index (χ4v) is 1.45. The van der Waals surface area contributed by atoms with E-state index in [9.17, 15) is 14.0 Å². The second-order valence-corrected chi connectivity index (χ2v) is 3.57. The molecule has 0 fully saturated rings. The third-order valence-corrected chi connectivity index (χ3v) is 2.32. The number of hydrogen-bond donors (Lipinski definition) is 2. The smallest absolute Gasteiger partial charge is 0.316 e. The van der Waals surface area contributed by atoms with Gasteiger partial charge in [0.25, 0.3) is 0 Å². The Hall–Kier alpha value is -1.95. The summed E-state index contributed by atoms with van der Waals surface area (Å²) in [6.07, 6.45) is 0. The van der Waals surface area contributed by atoms with E-state index in [1.807, 2.05) is 0 Å². The average molecular weight is 253 g/mol. The van der Waals surface area contributed by atoms with Crippen molar-refractivity contribution < 1.29 is 14.0 Å². The molecule has 18 heavy (non-hydrogen) atoms. The molecule has 0 aliphatic rings. The Labute approximate surface area is 105 Å². The Balaban J connectivity index is 2.79. The van der Waals surface area contributed by atoms with Gasteiger partial charge < -0.3 is 16.0 Å². The van der Waals surface area contributed by atoms with Crippen LogP contribution in [-0.2, 0) is 9.59 Å². The lowest BCUT2D eigenvalue weighted by Crippen LogP contribution is -2.44. The minimum Gasteiger partial charge on any atom is -0.347 e. The Kier molecular flexibility index (Phi) is 5.26. The van der Waals surface area contributed by atoms with Crippen molar-refractivity contribution in [2.45, 2.75) is 6.92 Å². The van der Waals surface area contributed by atoms with Crippen molar-refractivity contribution in [2.24, 2.45) is 5.73 Å². The van der Waals surface area contributed by atoms with E-state index in [4.69, 9.17) is 5.73 Å². The Bertz CT molecular complexity index is 420. The van der Waals surface area contributed by atoms with E-state index in [-0.39, 0.29) is 13.1 Å². The highest BCUT2D eigenvalue weighted by Gasteiger charge is 2.21. The van der Waals surface area contributed by atoms with Crippen molar-refractivity contribution in [2.75, 3.05) is 24.5 Å². The average Bonchev–Trinajstić information content (AvgIpc) is 2.38. The number of benzene rings is 1. The molecule has 0 atom stereocenters. The molecule has 0 aliphatic heterocycles. The van der Waals surface area contributed by atoms with Crippen LogP contribution < -0.4 is 16.0 Å². The first-order chi connectivity index (χ1) is 8.60. The van der Waals surface area contributed by atoms with E-state index in [0.29, 0.717) is 12.2 Å². The quantitative estimate of drug-likeness (QED) is 0.755. The Morgan fingerprint density at radius 1 is 1.33 bits per heavy atom. The zero-order valence-electron chi connectivity index (χ0n) is 10.1. The highest BCUT2D eigenvalue weighted by Crippen LogP contribution is 2.14. The maximum Gasteiger partial charge on any atom is 0.316 e. The highest BCUT2D eigenvalue weighted by atomic mass is 19.1. The molecule has 5 nitrogen and oxygen atoms in total. The van der Waals surface area contributed by atoms with Crippen LogP contribution >= 0.6 is 0 Å². The molecule has 1 rings (SSSR count). The van der Waals surface area contributed by atoms with E-state index < -0.39 is 17.6 Å². The SMILES string of the molecule is CCN(C(=O)C(=O)NCCN)c1ccc(F)cc1. The number of rotatable bonds is 4. The van der Waals surface area contributed by atoms with E-state index in [1.54, 1.807) is 6.92 Å². The van der Waals surface area contributed by atoms with Gasteiger partial charge in [0.05, 0.1) is 0 Å². The molecule has 0 spiro atoms. The Morgan fingerprint density at radius 2 is 1.94 bits per heavy atom. The topological polar surface area (TPSA) is 75.4 Å².